The van der Waals surface area contributed by atoms with Gasteiger partial charge in [0.1, 0.15) is 12.1 Å². The molecule has 1 aromatic carbocycles. The molecule has 7 nitrogen and oxygen atoms in total. The number of anilines is 1. The molecular weight excluding hydrogens is 364 g/mol. The zero-order chi connectivity index (χ0) is 19.4. The lowest BCUT2D eigenvalue weighted by molar-refractivity contribution is -0.136. The molecule has 0 unspecified atom stereocenters. The quantitative estimate of drug-likeness (QED) is 0.598. The van der Waals surface area contributed by atoms with Crippen LogP contribution in [0.1, 0.15) is 32.6 Å². The third kappa shape index (κ3) is 3.78. The standard InChI is InChI=1S/C19H22N4O3S/c1-13-6-4-5-9-19(13)17(25)23(18(26)22-19)12-16(24)21-14-7-2-3-8-15(14)27-11-10-20/h2-3,7-8,13H,4-6,9,11-12H2,1H3,(H,21,24)(H,22,26)/t13-,19-/m1/s1. The number of thioether (sulfide) groups is 1. The van der Waals surface area contributed by atoms with E-state index < -0.39 is 17.5 Å². The maximum Gasteiger partial charge on any atom is 0.325 e. The zero-order valence-electron chi connectivity index (χ0n) is 15.2. The lowest BCUT2D eigenvalue weighted by Gasteiger charge is -2.36. The van der Waals surface area contributed by atoms with Crippen molar-refractivity contribution in [2.75, 3.05) is 17.6 Å². The Morgan fingerprint density at radius 1 is 1.41 bits per heavy atom. The molecule has 2 N–H and O–H groups in total. The molecule has 1 spiro atoms. The first-order valence-electron chi connectivity index (χ1n) is 9.00. The summed E-state index contributed by atoms with van der Waals surface area (Å²) in [6.07, 6.45) is 3.43. The molecule has 1 saturated heterocycles. The third-order valence-corrected chi connectivity index (χ3v) is 6.20. The van der Waals surface area contributed by atoms with Crippen molar-refractivity contribution < 1.29 is 14.4 Å². The molecule has 4 amide bonds. The molecule has 1 heterocycles. The van der Waals surface area contributed by atoms with Crippen LogP contribution in [-0.2, 0) is 9.59 Å². The Bertz CT molecular complexity index is 806. The molecule has 1 saturated carbocycles. The topological polar surface area (TPSA) is 102 Å². The molecule has 27 heavy (non-hydrogen) atoms. The van der Waals surface area contributed by atoms with Gasteiger partial charge < -0.3 is 10.6 Å². The van der Waals surface area contributed by atoms with Crippen LogP contribution in [0.3, 0.4) is 0 Å². The van der Waals surface area contributed by atoms with Crippen LogP contribution in [-0.4, -0.2) is 40.6 Å². The number of nitrogens with zero attached hydrogens (tertiary/aromatic N) is 2. The predicted molar refractivity (Wildman–Crippen MR) is 102 cm³/mol. The van der Waals surface area contributed by atoms with Gasteiger partial charge in [0.25, 0.3) is 5.91 Å². The number of nitriles is 1. The Balaban J connectivity index is 1.69. The minimum Gasteiger partial charge on any atom is -0.324 e. The smallest absolute Gasteiger partial charge is 0.324 e. The molecule has 8 heteroatoms. The minimum absolute atomic E-state index is 0.0545. The highest BCUT2D eigenvalue weighted by Crippen LogP contribution is 2.38. The van der Waals surface area contributed by atoms with E-state index in [1.165, 1.54) is 11.8 Å². The summed E-state index contributed by atoms with van der Waals surface area (Å²) in [5, 5.41) is 14.3. The maximum absolute atomic E-state index is 12.9. The molecule has 2 aliphatic rings. The van der Waals surface area contributed by atoms with E-state index in [4.69, 9.17) is 5.26 Å². The first-order valence-corrected chi connectivity index (χ1v) is 9.99. The van der Waals surface area contributed by atoms with Crippen molar-refractivity contribution in [3.8, 4) is 6.07 Å². The van der Waals surface area contributed by atoms with Crippen molar-refractivity contribution in [3.63, 3.8) is 0 Å². The molecule has 0 radical (unpaired) electrons. The molecule has 0 bridgehead atoms. The molecule has 1 aromatic rings. The van der Waals surface area contributed by atoms with Crippen LogP contribution in [0.15, 0.2) is 29.2 Å². The number of carbonyl (C=O) groups excluding carboxylic acids is 3. The lowest BCUT2D eigenvalue weighted by Crippen LogP contribution is -2.54. The lowest BCUT2D eigenvalue weighted by atomic mass is 9.73. The van der Waals surface area contributed by atoms with E-state index in [9.17, 15) is 14.4 Å². The van der Waals surface area contributed by atoms with Crippen molar-refractivity contribution in [2.45, 2.75) is 43.0 Å². The Kier molecular flexibility index (Phi) is 5.71. The van der Waals surface area contributed by atoms with Crippen LogP contribution in [0.4, 0.5) is 10.5 Å². The van der Waals surface area contributed by atoms with Gasteiger partial charge in [0, 0.05) is 4.90 Å². The number of amides is 4. The Labute approximate surface area is 162 Å². The minimum atomic E-state index is -0.865. The van der Waals surface area contributed by atoms with Crippen molar-refractivity contribution in [2.24, 2.45) is 5.92 Å². The summed E-state index contributed by atoms with van der Waals surface area (Å²) in [5.41, 5.74) is -0.300. The van der Waals surface area contributed by atoms with Crippen LogP contribution in [0.25, 0.3) is 0 Å². The Morgan fingerprint density at radius 2 is 2.19 bits per heavy atom. The van der Waals surface area contributed by atoms with Crippen LogP contribution in [0.2, 0.25) is 0 Å². The van der Waals surface area contributed by atoms with Gasteiger partial charge in [-0.05, 0) is 30.9 Å². The molecule has 1 aliphatic heterocycles. The van der Waals surface area contributed by atoms with Crippen molar-refractivity contribution in [1.29, 1.82) is 5.26 Å². The first-order chi connectivity index (χ1) is 13.0. The monoisotopic (exact) mass is 386 g/mol. The van der Waals surface area contributed by atoms with Gasteiger partial charge in [0.15, 0.2) is 0 Å². The fourth-order valence-electron chi connectivity index (χ4n) is 3.78. The van der Waals surface area contributed by atoms with E-state index in [-0.39, 0.29) is 24.1 Å². The van der Waals surface area contributed by atoms with Gasteiger partial charge in [-0.25, -0.2) is 4.79 Å². The van der Waals surface area contributed by atoms with E-state index >= 15 is 0 Å². The summed E-state index contributed by atoms with van der Waals surface area (Å²) in [5.74, 6) is -0.426. The number of nitrogens with one attached hydrogen (secondary N) is 2. The summed E-state index contributed by atoms with van der Waals surface area (Å²) in [6, 6.07) is 8.68. The van der Waals surface area contributed by atoms with E-state index in [2.05, 4.69) is 10.6 Å². The van der Waals surface area contributed by atoms with Crippen LogP contribution in [0, 0.1) is 17.2 Å². The molecule has 2 fully saturated rings. The number of urea groups is 1. The van der Waals surface area contributed by atoms with Gasteiger partial charge in [-0.1, -0.05) is 31.9 Å². The second-order valence-corrected chi connectivity index (χ2v) is 7.95. The SMILES string of the molecule is C[C@@H]1CCCC[C@@]12NC(=O)N(CC(=O)Nc1ccccc1SCC#N)C2=O. The van der Waals surface area contributed by atoms with Crippen molar-refractivity contribution in [3.05, 3.63) is 24.3 Å². The molecule has 1 aliphatic carbocycles. The molecule has 3 rings (SSSR count). The largest absolute Gasteiger partial charge is 0.325 e. The van der Waals surface area contributed by atoms with Crippen LogP contribution in [0.5, 0.6) is 0 Å². The summed E-state index contributed by atoms with van der Waals surface area (Å²) in [7, 11) is 0. The van der Waals surface area contributed by atoms with E-state index in [1.807, 2.05) is 25.1 Å². The average Bonchev–Trinajstić information content (AvgIpc) is 2.88. The first kappa shape index (κ1) is 19.2. The van der Waals surface area contributed by atoms with Gasteiger partial charge in [-0.3, -0.25) is 14.5 Å². The molecular formula is C19H22N4O3S. The second-order valence-electron chi connectivity index (χ2n) is 6.93. The van der Waals surface area contributed by atoms with Gasteiger partial charge >= 0.3 is 6.03 Å². The molecule has 142 valence electrons. The van der Waals surface area contributed by atoms with Gasteiger partial charge in [0.05, 0.1) is 17.5 Å². The fourth-order valence-corrected chi connectivity index (χ4v) is 4.45. The van der Waals surface area contributed by atoms with E-state index in [0.717, 1.165) is 29.1 Å². The van der Waals surface area contributed by atoms with Gasteiger partial charge in [-0.2, -0.15) is 5.26 Å². The highest BCUT2D eigenvalue weighted by Gasteiger charge is 2.55. The summed E-state index contributed by atoms with van der Waals surface area (Å²) in [6.45, 7) is 1.65. The average molecular weight is 386 g/mol. The number of hydrogen-bond acceptors (Lipinski definition) is 5. The van der Waals surface area contributed by atoms with Crippen LogP contribution >= 0.6 is 11.8 Å². The number of hydrogen-bond donors (Lipinski definition) is 2. The van der Waals surface area contributed by atoms with Crippen LogP contribution < -0.4 is 10.6 Å². The Hall–Kier alpha value is -2.53. The van der Waals surface area contributed by atoms with Gasteiger partial charge in [-0.15, -0.1) is 11.8 Å². The Morgan fingerprint density at radius 3 is 2.93 bits per heavy atom. The highest BCUT2D eigenvalue weighted by atomic mass is 32.2. The number of rotatable bonds is 5. The number of imide groups is 1. The fraction of sp³-hybridized carbons (Fsp3) is 0.474. The zero-order valence-corrected chi connectivity index (χ0v) is 16.0. The van der Waals surface area contributed by atoms with Crippen molar-refractivity contribution >= 4 is 35.3 Å². The summed E-state index contributed by atoms with van der Waals surface area (Å²) in [4.78, 5) is 39.6. The number of para-hydroxylation sites is 1. The normalized spacial score (nSPS) is 24.6. The van der Waals surface area contributed by atoms with E-state index in [0.29, 0.717) is 12.1 Å². The second kappa shape index (κ2) is 8.01. The molecule has 2 atom stereocenters. The number of benzene rings is 1. The highest BCUT2D eigenvalue weighted by molar-refractivity contribution is 7.99. The predicted octanol–water partition coefficient (Wildman–Crippen LogP) is 2.74. The summed E-state index contributed by atoms with van der Waals surface area (Å²) >= 11 is 1.32. The molecule has 0 aromatic heterocycles. The van der Waals surface area contributed by atoms with E-state index in [1.54, 1.807) is 12.1 Å². The third-order valence-electron chi connectivity index (χ3n) is 5.26. The maximum atomic E-state index is 12.9. The van der Waals surface area contributed by atoms with Crippen molar-refractivity contribution in [1.82, 2.24) is 10.2 Å². The van der Waals surface area contributed by atoms with Gasteiger partial charge in [0.2, 0.25) is 5.91 Å². The number of carbonyl (C=O) groups is 3. The summed E-state index contributed by atoms with van der Waals surface area (Å²) < 4.78 is 0.